The minimum Gasteiger partial charge on any atom is -0.341 e. The highest BCUT2D eigenvalue weighted by Crippen LogP contribution is 2.34. The van der Waals surface area contributed by atoms with Crippen LogP contribution in [0.2, 0.25) is 0 Å². The van der Waals surface area contributed by atoms with Crippen LogP contribution in [-0.2, 0) is 4.79 Å². The zero-order valence-electron chi connectivity index (χ0n) is 11.8. The van der Waals surface area contributed by atoms with Crippen molar-refractivity contribution in [2.24, 2.45) is 17.1 Å². The number of carbonyl (C=O) groups excluding carboxylic acids is 1. The first-order valence-corrected chi connectivity index (χ1v) is 6.92. The van der Waals surface area contributed by atoms with Crippen molar-refractivity contribution in [3.63, 3.8) is 0 Å². The van der Waals surface area contributed by atoms with Gasteiger partial charge in [0.2, 0.25) is 5.91 Å². The van der Waals surface area contributed by atoms with Crippen molar-refractivity contribution >= 4 is 5.91 Å². The van der Waals surface area contributed by atoms with Gasteiger partial charge in [-0.25, -0.2) is 0 Å². The summed E-state index contributed by atoms with van der Waals surface area (Å²) in [4.78, 5) is 14.1. The quantitative estimate of drug-likeness (QED) is 0.820. The fourth-order valence-electron chi connectivity index (χ4n) is 2.46. The Morgan fingerprint density at radius 1 is 1.35 bits per heavy atom. The van der Waals surface area contributed by atoms with Gasteiger partial charge in [-0.1, -0.05) is 34.1 Å². The molecule has 1 rings (SSSR count). The zero-order chi connectivity index (χ0) is 13.1. The Morgan fingerprint density at radius 3 is 2.29 bits per heavy atom. The van der Waals surface area contributed by atoms with Crippen LogP contribution in [0.5, 0.6) is 0 Å². The number of nitrogens with zero attached hydrogens (tertiary/aromatic N) is 1. The highest BCUT2D eigenvalue weighted by Gasteiger charge is 2.31. The fourth-order valence-corrected chi connectivity index (χ4v) is 2.46. The van der Waals surface area contributed by atoms with Gasteiger partial charge in [0, 0.05) is 13.1 Å². The van der Waals surface area contributed by atoms with Gasteiger partial charge in [0.15, 0.2) is 0 Å². The Bertz CT molecular complexity index is 255. The van der Waals surface area contributed by atoms with Gasteiger partial charge in [-0.2, -0.15) is 0 Å². The molecule has 17 heavy (non-hydrogen) atoms. The number of likely N-dealkylation sites (tertiary alicyclic amines) is 1. The molecule has 0 bridgehead atoms. The minimum atomic E-state index is -0.305. The summed E-state index contributed by atoms with van der Waals surface area (Å²) in [5, 5.41) is 0. The molecule has 0 spiro atoms. The third-order valence-corrected chi connectivity index (χ3v) is 4.18. The summed E-state index contributed by atoms with van der Waals surface area (Å²) in [5.41, 5.74) is 6.39. The fraction of sp³-hybridized carbons (Fsp3) is 0.929. The van der Waals surface area contributed by atoms with Crippen molar-refractivity contribution in [3.8, 4) is 0 Å². The van der Waals surface area contributed by atoms with Gasteiger partial charge in [0.05, 0.1) is 6.04 Å². The second-order valence-electron chi connectivity index (χ2n) is 6.23. The monoisotopic (exact) mass is 240 g/mol. The molecule has 1 fully saturated rings. The Labute approximate surface area is 106 Å². The minimum absolute atomic E-state index is 0.150. The molecule has 1 atom stereocenters. The van der Waals surface area contributed by atoms with E-state index in [1.165, 1.54) is 6.42 Å². The van der Waals surface area contributed by atoms with Crippen LogP contribution in [0.1, 0.15) is 53.4 Å². The smallest absolute Gasteiger partial charge is 0.239 e. The van der Waals surface area contributed by atoms with E-state index in [-0.39, 0.29) is 11.9 Å². The summed E-state index contributed by atoms with van der Waals surface area (Å²) >= 11 is 0. The number of amides is 1. The lowest BCUT2D eigenvalue weighted by Gasteiger charge is -2.39. The topological polar surface area (TPSA) is 46.3 Å². The molecule has 3 heteroatoms. The molecule has 0 unspecified atom stereocenters. The number of nitrogens with two attached hydrogens (primary N) is 1. The molecular formula is C14H28N2O. The summed E-state index contributed by atoms with van der Waals surface area (Å²) in [6, 6.07) is -0.305. The molecule has 0 aliphatic carbocycles. The lowest BCUT2D eigenvalue weighted by molar-refractivity contribution is -0.135. The molecule has 1 aliphatic rings. The molecule has 0 saturated carbocycles. The van der Waals surface area contributed by atoms with Crippen LogP contribution in [0.3, 0.4) is 0 Å². The molecule has 3 nitrogen and oxygen atoms in total. The molecule has 0 radical (unpaired) electrons. The van der Waals surface area contributed by atoms with E-state index in [0.29, 0.717) is 11.3 Å². The van der Waals surface area contributed by atoms with Crippen molar-refractivity contribution in [2.75, 3.05) is 13.1 Å². The molecule has 1 saturated heterocycles. The van der Waals surface area contributed by atoms with E-state index in [4.69, 9.17) is 5.73 Å². The first-order valence-electron chi connectivity index (χ1n) is 6.92. The first-order chi connectivity index (χ1) is 7.88. The van der Waals surface area contributed by atoms with Crippen LogP contribution < -0.4 is 5.73 Å². The summed E-state index contributed by atoms with van der Waals surface area (Å²) in [6.45, 7) is 10.5. The molecule has 0 aromatic rings. The maximum atomic E-state index is 12.1. The molecular weight excluding hydrogens is 212 g/mol. The normalized spacial score (nSPS) is 21.6. The number of carbonyl (C=O) groups is 1. The van der Waals surface area contributed by atoms with Crippen molar-refractivity contribution in [1.82, 2.24) is 4.90 Å². The molecule has 1 amide bonds. The molecule has 0 aromatic heterocycles. The van der Waals surface area contributed by atoms with Crippen LogP contribution >= 0.6 is 0 Å². The average molecular weight is 240 g/mol. The Kier molecular flexibility index (Phi) is 4.99. The summed E-state index contributed by atoms with van der Waals surface area (Å²) in [5.74, 6) is 0.636. The number of hydrogen-bond donors (Lipinski definition) is 1. The van der Waals surface area contributed by atoms with Crippen LogP contribution in [0.25, 0.3) is 0 Å². The van der Waals surface area contributed by atoms with Gasteiger partial charge in [-0.05, 0) is 30.6 Å². The van der Waals surface area contributed by atoms with E-state index in [1.54, 1.807) is 0 Å². The number of rotatable bonds is 4. The van der Waals surface area contributed by atoms with E-state index in [1.807, 2.05) is 4.90 Å². The summed E-state index contributed by atoms with van der Waals surface area (Å²) in [6.07, 6.45) is 4.22. The van der Waals surface area contributed by atoms with Crippen LogP contribution in [0.15, 0.2) is 0 Å². The van der Waals surface area contributed by atoms with E-state index in [9.17, 15) is 4.79 Å². The lowest BCUT2D eigenvalue weighted by atomic mass is 9.78. The van der Waals surface area contributed by atoms with Crippen LogP contribution in [0.4, 0.5) is 0 Å². The summed E-state index contributed by atoms with van der Waals surface area (Å²) in [7, 11) is 0. The third kappa shape index (κ3) is 3.98. The second kappa shape index (κ2) is 5.85. The van der Waals surface area contributed by atoms with Crippen LogP contribution in [0, 0.1) is 11.3 Å². The van der Waals surface area contributed by atoms with E-state index in [0.717, 1.165) is 32.4 Å². The maximum Gasteiger partial charge on any atom is 0.239 e. The molecule has 2 N–H and O–H groups in total. The van der Waals surface area contributed by atoms with Crippen LogP contribution in [-0.4, -0.2) is 29.9 Å². The molecule has 1 aliphatic heterocycles. The van der Waals surface area contributed by atoms with Crippen molar-refractivity contribution in [2.45, 2.75) is 59.4 Å². The molecule has 1 heterocycles. The first kappa shape index (κ1) is 14.5. The van der Waals surface area contributed by atoms with E-state index < -0.39 is 0 Å². The number of hydrogen-bond acceptors (Lipinski definition) is 2. The molecule has 0 aromatic carbocycles. The highest BCUT2D eigenvalue weighted by atomic mass is 16.2. The Morgan fingerprint density at radius 2 is 1.88 bits per heavy atom. The van der Waals surface area contributed by atoms with Crippen molar-refractivity contribution in [1.29, 1.82) is 0 Å². The van der Waals surface area contributed by atoms with Gasteiger partial charge < -0.3 is 10.6 Å². The standard InChI is InChI=1S/C14H28N2O/c1-5-14(4)6-8-16(9-7-14)13(17)12(15)10-11(2)3/h11-12H,5-10,15H2,1-4H3/t12-/m0/s1. The Balaban J connectivity index is 2.46. The van der Waals surface area contributed by atoms with Gasteiger partial charge in [0.1, 0.15) is 0 Å². The van der Waals surface area contributed by atoms with E-state index >= 15 is 0 Å². The molecule has 100 valence electrons. The third-order valence-electron chi connectivity index (χ3n) is 4.18. The second-order valence-corrected chi connectivity index (χ2v) is 6.23. The SMILES string of the molecule is CCC1(C)CCN(C(=O)[C@@H](N)CC(C)C)CC1. The maximum absolute atomic E-state index is 12.1. The van der Waals surface area contributed by atoms with Gasteiger partial charge in [-0.3, -0.25) is 4.79 Å². The van der Waals surface area contributed by atoms with E-state index in [2.05, 4.69) is 27.7 Å². The van der Waals surface area contributed by atoms with Crippen molar-refractivity contribution < 1.29 is 4.79 Å². The van der Waals surface area contributed by atoms with Crippen molar-refractivity contribution in [3.05, 3.63) is 0 Å². The zero-order valence-corrected chi connectivity index (χ0v) is 11.8. The lowest BCUT2D eigenvalue weighted by Crippen LogP contribution is -2.49. The van der Waals surface area contributed by atoms with Gasteiger partial charge in [-0.15, -0.1) is 0 Å². The summed E-state index contributed by atoms with van der Waals surface area (Å²) < 4.78 is 0. The highest BCUT2D eigenvalue weighted by molar-refractivity contribution is 5.81. The largest absolute Gasteiger partial charge is 0.341 e. The predicted molar refractivity (Wildman–Crippen MR) is 71.6 cm³/mol. The average Bonchev–Trinajstić information content (AvgIpc) is 2.28. The predicted octanol–water partition coefficient (Wildman–Crippen LogP) is 2.40. The van der Waals surface area contributed by atoms with Gasteiger partial charge in [0.25, 0.3) is 0 Å². The number of piperidine rings is 1. The Hall–Kier alpha value is -0.570. The van der Waals surface area contributed by atoms with Gasteiger partial charge >= 0.3 is 0 Å².